The summed E-state index contributed by atoms with van der Waals surface area (Å²) in [5, 5.41) is 3.20. The Balaban J connectivity index is 2.39. The maximum atomic E-state index is 13.7. The van der Waals surface area contributed by atoms with Gasteiger partial charge in [-0.15, -0.1) is 0 Å². The summed E-state index contributed by atoms with van der Waals surface area (Å²) in [4.78, 5) is 11.8. The highest BCUT2D eigenvalue weighted by Gasteiger charge is 2.17. The summed E-state index contributed by atoms with van der Waals surface area (Å²) < 4.78 is 13.7. The van der Waals surface area contributed by atoms with E-state index in [9.17, 15) is 4.39 Å². The highest BCUT2D eigenvalue weighted by atomic mass is 19.1. The maximum absolute atomic E-state index is 13.7. The van der Waals surface area contributed by atoms with Crippen LogP contribution in [0.2, 0.25) is 0 Å². The van der Waals surface area contributed by atoms with Crippen LogP contribution >= 0.6 is 0 Å². The molecule has 0 aliphatic heterocycles. The summed E-state index contributed by atoms with van der Waals surface area (Å²) in [6.45, 7) is 2.68. The molecule has 2 heterocycles. The molecule has 2 aromatic rings. The molecule has 2 rings (SSSR count). The third-order valence-corrected chi connectivity index (χ3v) is 2.42. The lowest BCUT2D eigenvalue weighted by molar-refractivity contribution is 0.547. The molecule has 0 bridgehead atoms. The molecule has 0 saturated carbocycles. The largest absolute Gasteiger partial charge is 0.305 e. The number of halogens is 1. The summed E-state index contributed by atoms with van der Waals surface area (Å²) in [6, 6.07) is 3.16. The first-order valence-electron chi connectivity index (χ1n) is 5.41. The van der Waals surface area contributed by atoms with Gasteiger partial charge in [-0.25, -0.2) is 14.4 Å². The first kappa shape index (κ1) is 11.6. The Morgan fingerprint density at radius 1 is 1.29 bits per heavy atom. The second kappa shape index (κ2) is 5.45. The number of hydrogen-bond donors (Lipinski definition) is 1. The minimum atomic E-state index is -0.336. The van der Waals surface area contributed by atoms with Gasteiger partial charge in [-0.3, -0.25) is 4.98 Å². The van der Waals surface area contributed by atoms with Crippen molar-refractivity contribution < 1.29 is 4.39 Å². The van der Waals surface area contributed by atoms with E-state index in [0.29, 0.717) is 5.56 Å². The molecule has 2 aromatic heterocycles. The summed E-state index contributed by atoms with van der Waals surface area (Å²) in [5.74, 6) is -0.336. The molecule has 0 saturated heterocycles. The Morgan fingerprint density at radius 2 is 2.12 bits per heavy atom. The van der Waals surface area contributed by atoms with E-state index >= 15 is 0 Å². The number of rotatable bonds is 4. The van der Waals surface area contributed by atoms with Gasteiger partial charge in [-0.2, -0.15) is 0 Å². The molecule has 0 aliphatic rings. The second-order valence-electron chi connectivity index (χ2n) is 3.52. The van der Waals surface area contributed by atoms with Gasteiger partial charge >= 0.3 is 0 Å². The molecule has 1 N–H and O–H groups in total. The minimum absolute atomic E-state index is 0.272. The van der Waals surface area contributed by atoms with Gasteiger partial charge in [0.25, 0.3) is 0 Å². The molecule has 0 amide bonds. The van der Waals surface area contributed by atoms with Crippen LogP contribution in [0.5, 0.6) is 0 Å². The molecule has 17 heavy (non-hydrogen) atoms. The average molecular weight is 232 g/mol. The molecule has 0 aromatic carbocycles. The van der Waals surface area contributed by atoms with Gasteiger partial charge in [0.2, 0.25) is 0 Å². The van der Waals surface area contributed by atoms with E-state index < -0.39 is 0 Å². The van der Waals surface area contributed by atoms with E-state index in [2.05, 4.69) is 20.3 Å². The minimum Gasteiger partial charge on any atom is -0.305 e. The third kappa shape index (κ3) is 2.62. The number of pyridine rings is 1. The molecule has 5 heteroatoms. The zero-order valence-corrected chi connectivity index (χ0v) is 9.47. The normalized spacial score (nSPS) is 12.4. The van der Waals surface area contributed by atoms with Crippen LogP contribution < -0.4 is 5.32 Å². The Bertz CT molecular complexity index is 475. The molecule has 0 aliphatic carbocycles. The first-order chi connectivity index (χ1) is 8.33. The summed E-state index contributed by atoms with van der Waals surface area (Å²) in [7, 11) is 0. The number of nitrogens with zero attached hydrogens (tertiary/aromatic N) is 3. The van der Waals surface area contributed by atoms with Gasteiger partial charge in [0, 0.05) is 18.0 Å². The molecule has 0 fully saturated rings. The van der Waals surface area contributed by atoms with Gasteiger partial charge < -0.3 is 5.32 Å². The monoisotopic (exact) mass is 232 g/mol. The summed E-state index contributed by atoms with van der Waals surface area (Å²) in [5.41, 5.74) is 1.28. The Morgan fingerprint density at radius 3 is 2.76 bits per heavy atom. The molecule has 1 atom stereocenters. The molecule has 1 unspecified atom stereocenters. The van der Waals surface area contributed by atoms with Crippen LogP contribution in [-0.4, -0.2) is 21.5 Å². The van der Waals surface area contributed by atoms with Crippen molar-refractivity contribution in [1.29, 1.82) is 0 Å². The SMILES string of the molecule is CCNC(c1ccncn1)c1ccncc1F. The predicted octanol–water partition coefficient (Wildman–Crippen LogP) is 1.71. The zero-order chi connectivity index (χ0) is 12.1. The van der Waals surface area contributed by atoms with E-state index in [0.717, 1.165) is 12.2 Å². The zero-order valence-electron chi connectivity index (χ0n) is 9.47. The van der Waals surface area contributed by atoms with E-state index in [-0.39, 0.29) is 11.9 Å². The molecule has 0 spiro atoms. The maximum Gasteiger partial charge on any atom is 0.146 e. The van der Waals surface area contributed by atoms with E-state index in [4.69, 9.17) is 0 Å². The topological polar surface area (TPSA) is 50.7 Å². The van der Waals surface area contributed by atoms with Crippen molar-refractivity contribution in [3.05, 3.63) is 54.1 Å². The lowest BCUT2D eigenvalue weighted by Gasteiger charge is -2.17. The molecule has 0 radical (unpaired) electrons. The fourth-order valence-corrected chi connectivity index (χ4v) is 1.67. The van der Waals surface area contributed by atoms with Crippen LogP contribution in [0, 0.1) is 5.82 Å². The van der Waals surface area contributed by atoms with Gasteiger partial charge in [-0.05, 0) is 18.7 Å². The van der Waals surface area contributed by atoms with Gasteiger partial charge in [-0.1, -0.05) is 6.92 Å². The van der Waals surface area contributed by atoms with E-state index in [1.54, 1.807) is 24.5 Å². The van der Waals surface area contributed by atoms with Crippen molar-refractivity contribution in [2.75, 3.05) is 6.54 Å². The second-order valence-corrected chi connectivity index (χ2v) is 3.52. The van der Waals surface area contributed by atoms with Crippen molar-refractivity contribution in [1.82, 2.24) is 20.3 Å². The Hall–Kier alpha value is -1.88. The molecular formula is C12H13FN4. The smallest absolute Gasteiger partial charge is 0.146 e. The molecular weight excluding hydrogens is 219 g/mol. The van der Waals surface area contributed by atoms with Crippen LogP contribution in [0.1, 0.15) is 24.2 Å². The fourth-order valence-electron chi connectivity index (χ4n) is 1.67. The number of hydrogen-bond acceptors (Lipinski definition) is 4. The van der Waals surface area contributed by atoms with Crippen LogP contribution in [0.3, 0.4) is 0 Å². The highest BCUT2D eigenvalue weighted by molar-refractivity contribution is 5.26. The van der Waals surface area contributed by atoms with E-state index in [1.807, 2.05) is 6.92 Å². The molecule has 88 valence electrons. The first-order valence-corrected chi connectivity index (χ1v) is 5.41. The number of aromatic nitrogens is 3. The average Bonchev–Trinajstić information content (AvgIpc) is 2.38. The van der Waals surface area contributed by atoms with Crippen LogP contribution in [0.4, 0.5) is 4.39 Å². The highest BCUT2D eigenvalue weighted by Crippen LogP contribution is 2.21. The molecule has 4 nitrogen and oxygen atoms in total. The van der Waals surface area contributed by atoms with Crippen molar-refractivity contribution in [3.8, 4) is 0 Å². The van der Waals surface area contributed by atoms with Crippen molar-refractivity contribution in [3.63, 3.8) is 0 Å². The lowest BCUT2D eigenvalue weighted by atomic mass is 10.0. The number of nitrogens with one attached hydrogen (secondary N) is 1. The Kier molecular flexibility index (Phi) is 3.72. The summed E-state index contributed by atoms with van der Waals surface area (Å²) in [6.07, 6.45) is 5.88. The standard InChI is InChI=1S/C12H13FN4/c1-2-16-12(11-4-6-15-8-17-11)9-3-5-14-7-10(9)13/h3-8,12,16H,2H2,1H3. The lowest BCUT2D eigenvalue weighted by Crippen LogP contribution is -2.24. The van der Waals surface area contributed by atoms with Crippen LogP contribution in [0.15, 0.2) is 37.1 Å². The fraction of sp³-hybridized carbons (Fsp3) is 0.250. The van der Waals surface area contributed by atoms with Crippen LogP contribution in [0.25, 0.3) is 0 Å². The van der Waals surface area contributed by atoms with Crippen molar-refractivity contribution in [2.45, 2.75) is 13.0 Å². The third-order valence-electron chi connectivity index (χ3n) is 2.42. The van der Waals surface area contributed by atoms with Gasteiger partial charge in [0.15, 0.2) is 0 Å². The van der Waals surface area contributed by atoms with Crippen molar-refractivity contribution >= 4 is 0 Å². The predicted molar refractivity (Wildman–Crippen MR) is 61.7 cm³/mol. The summed E-state index contributed by atoms with van der Waals surface area (Å²) >= 11 is 0. The van der Waals surface area contributed by atoms with Crippen LogP contribution in [-0.2, 0) is 0 Å². The van der Waals surface area contributed by atoms with Gasteiger partial charge in [0.1, 0.15) is 12.1 Å². The van der Waals surface area contributed by atoms with Crippen molar-refractivity contribution in [2.24, 2.45) is 0 Å². The van der Waals surface area contributed by atoms with E-state index in [1.165, 1.54) is 12.5 Å². The van der Waals surface area contributed by atoms with Gasteiger partial charge in [0.05, 0.1) is 17.9 Å². The Labute approximate surface area is 99.0 Å². The quantitative estimate of drug-likeness (QED) is 0.871.